The Morgan fingerprint density at radius 3 is 2.28 bits per heavy atom. The Labute approximate surface area is 117 Å². The summed E-state index contributed by atoms with van der Waals surface area (Å²) in [4.78, 5) is 12.3. The molecule has 3 N–H and O–H groups in total. The molecule has 18 heavy (non-hydrogen) atoms. The van der Waals surface area contributed by atoms with E-state index in [0.717, 1.165) is 25.7 Å². The number of nitrogens with two attached hydrogens (primary N) is 1. The van der Waals surface area contributed by atoms with Crippen LogP contribution in [-0.4, -0.2) is 17.5 Å². The molecule has 1 amide bonds. The quantitative estimate of drug-likeness (QED) is 0.831. The third kappa shape index (κ3) is 3.61. The fourth-order valence-corrected chi connectivity index (χ4v) is 3.34. The number of amides is 1. The highest BCUT2D eigenvalue weighted by atomic mass is 35.5. The molecular weight excluding hydrogens is 248 g/mol. The lowest BCUT2D eigenvalue weighted by atomic mass is 9.81. The molecule has 0 aromatic carbocycles. The Morgan fingerprint density at radius 2 is 1.72 bits per heavy atom. The minimum Gasteiger partial charge on any atom is -0.352 e. The highest BCUT2D eigenvalue weighted by molar-refractivity contribution is 5.86. The summed E-state index contributed by atoms with van der Waals surface area (Å²) in [5.74, 6) is 0.766. The van der Waals surface area contributed by atoms with Gasteiger partial charge in [0.15, 0.2) is 0 Å². The summed E-state index contributed by atoms with van der Waals surface area (Å²) in [6.07, 6.45) is 10.3. The summed E-state index contributed by atoms with van der Waals surface area (Å²) < 4.78 is 0. The first kappa shape index (κ1) is 15.8. The maximum Gasteiger partial charge on any atom is 0.240 e. The van der Waals surface area contributed by atoms with E-state index in [1.165, 1.54) is 32.1 Å². The highest BCUT2D eigenvalue weighted by Crippen LogP contribution is 2.29. The molecular formula is C14H27ClN2O. The molecule has 0 bridgehead atoms. The molecule has 1 atom stereocenters. The normalized spacial score (nSPS) is 25.2. The number of nitrogens with one attached hydrogen (secondary N) is 1. The van der Waals surface area contributed by atoms with Crippen molar-refractivity contribution in [1.82, 2.24) is 5.32 Å². The fourth-order valence-electron chi connectivity index (χ4n) is 3.34. The van der Waals surface area contributed by atoms with Crippen LogP contribution in [0.4, 0.5) is 0 Å². The predicted molar refractivity (Wildman–Crippen MR) is 76.8 cm³/mol. The van der Waals surface area contributed by atoms with Crippen LogP contribution in [0.5, 0.6) is 0 Å². The van der Waals surface area contributed by atoms with Crippen LogP contribution in [0.2, 0.25) is 0 Å². The van der Waals surface area contributed by atoms with Crippen molar-refractivity contribution in [2.45, 2.75) is 76.3 Å². The van der Waals surface area contributed by atoms with Crippen LogP contribution in [0.3, 0.4) is 0 Å². The van der Waals surface area contributed by atoms with Crippen molar-refractivity contribution in [3.63, 3.8) is 0 Å². The van der Waals surface area contributed by atoms with Gasteiger partial charge in [-0.25, -0.2) is 0 Å². The minimum absolute atomic E-state index is 0. The van der Waals surface area contributed by atoms with Gasteiger partial charge < -0.3 is 11.1 Å². The smallest absolute Gasteiger partial charge is 0.240 e. The molecule has 2 aliphatic rings. The lowest BCUT2D eigenvalue weighted by molar-refractivity contribution is -0.128. The van der Waals surface area contributed by atoms with Gasteiger partial charge in [-0.15, -0.1) is 12.4 Å². The van der Waals surface area contributed by atoms with Crippen LogP contribution < -0.4 is 11.1 Å². The van der Waals surface area contributed by atoms with E-state index < -0.39 is 5.54 Å². The van der Waals surface area contributed by atoms with Gasteiger partial charge in [-0.3, -0.25) is 4.79 Å². The summed E-state index contributed by atoms with van der Waals surface area (Å²) >= 11 is 0. The van der Waals surface area contributed by atoms with E-state index in [1.54, 1.807) is 0 Å². The Balaban J connectivity index is 0.00000162. The summed E-state index contributed by atoms with van der Waals surface area (Å²) in [6, 6.07) is 0.298. The van der Waals surface area contributed by atoms with Gasteiger partial charge in [-0.1, -0.05) is 32.1 Å². The Kier molecular flexibility index (Phi) is 5.93. The first-order chi connectivity index (χ1) is 8.12. The van der Waals surface area contributed by atoms with Crippen molar-refractivity contribution in [3.8, 4) is 0 Å². The highest BCUT2D eigenvalue weighted by Gasteiger charge is 2.36. The van der Waals surface area contributed by atoms with E-state index in [4.69, 9.17) is 5.73 Å². The van der Waals surface area contributed by atoms with Crippen molar-refractivity contribution in [3.05, 3.63) is 0 Å². The maximum atomic E-state index is 12.3. The molecule has 4 heteroatoms. The van der Waals surface area contributed by atoms with E-state index in [9.17, 15) is 4.79 Å². The lowest BCUT2D eigenvalue weighted by Crippen LogP contribution is -2.57. The zero-order valence-corrected chi connectivity index (χ0v) is 12.2. The second-order valence-corrected chi connectivity index (χ2v) is 6.02. The lowest BCUT2D eigenvalue weighted by Gasteiger charge is -2.34. The van der Waals surface area contributed by atoms with E-state index in [-0.39, 0.29) is 18.3 Å². The van der Waals surface area contributed by atoms with Gasteiger partial charge >= 0.3 is 0 Å². The molecule has 0 radical (unpaired) electrons. The summed E-state index contributed by atoms with van der Waals surface area (Å²) in [5.41, 5.74) is 5.66. The van der Waals surface area contributed by atoms with Crippen molar-refractivity contribution >= 4 is 18.3 Å². The second-order valence-electron chi connectivity index (χ2n) is 6.02. The van der Waals surface area contributed by atoms with Crippen LogP contribution in [0.15, 0.2) is 0 Å². The van der Waals surface area contributed by atoms with Crippen LogP contribution in [0, 0.1) is 5.92 Å². The van der Waals surface area contributed by atoms with Crippen LogP contribution in [0.1, 0.15) is 64.7 Å². The van der Waals surface area contributed by atoms with Gasteiger partial charge in [0, 0.05) is 6.04 Å². The molecule has 0 spiro atoms. The Bertz CT molecular complexity index is 271. The molecule has 106 valence electrons. The van der Waals surface area contributed by atoms with E-state index in [1.807, 2.05) is 0 Å². The van der Waals surface area contributed by atoms with Crippen molar-refractivity contribution in [2.24, 2.45) is 11.7 Å². The number of rotatable bonds is 3. The van der Waals surface area contributed by atoms with Gasteiger partial charge in [0.25, 0.3) is 0 Å². The van der Waals surface area contributed by atoms with Crippen LogP contribution >= 0.6 is 12.4 Å². The number of carbonyl (C=O) groups is 1. The van der Waals surface area contributed by atoms with E-state index in [0.29, 0.717) is 12.0 Å². The molecule has 0 aromatic heterocycles. The van der Waals surface area contributed by atoms with Crippen molar-refractivity contribution in [2.75, 3.05) is 0 Å². The number of carbonyl (C=O) groups excluding carboxylic acids is 1. The van der Waals surface area contributed by atoms with E-state index >= 15 is 0 Å². The average molecular weight is 275 g/mol. The van der Waals surface area contributed by atoms with Gasteiger partial charge in [0.2, 0.25) is 5.91 Å². The minimum atomic E-state index is -0.578. The predicted octanol–water partition coefficient (Wildman–Crippen LogP) is 2.76. The summed E-state index contributed by atoms with van der Waals surface area (Å²) in [6.45, 7) is 2.14. The topological polar surface area (TPSA) is 55.1 Å². The molecule has 0 saturated heterocycles. The zero-order chi connectivity index (χ0) is 12.3. The third-order valence-corrected chi connectivity index (χ3v) is 4.66. The maximum absolute atomic E-state index is 12.3. The number of hydrogen-bond acceptors (Lipinski definition) is 2. The number of hydrogen-bond donors (Lipinski definition) is 2. The zero-order valence-electron chi connectivity index (χ0n) is 11.4. The summed E-state index contributed by atoms with van der Waals surface area (Å²) in [5, 5.41) is 3.17. The van der Waals surface area contributed by atoms with Crippen LogP contribution in [0.25, 0.3) is 0 Å². The van der Waals surface area contributed by atoms with Gasteiger partial charge in [-0.05, 0) is 38.5 Å². The molecule has 2 saturated carbocycles. The Hall–Kier alpha value is -0.280. The molecule has 0 heterocycles. The SMILES string of the molecule is CC(NC(=O)C1(N)CCCCC1)C1CCCC1.Cl. The van der Waals surface area contributed by atoms with E-state index in [2.05, 4.69) is 12.2 Å². The summed E-state index contributed by atoms with van der Waals surface area (Å²) in [7, 11) is 0. The van der Waals surface area contributed by atoms with Crippen molar-refractivity contribution in [1.29, 1.82) is 0 Å². The van der Waals surface area contributed by atoms with Crippen LogP contribution in [-0.2, 0) is 4.79 Å². The Morgan fingerprint density at radius 1 is 1.17 bits per heavy atom. The molecule has 1 unspecified atom stereocenters. The molecule has 2 rings (SSSR count). The van der Waals surface area contributed by atoms with Gasteiger partial charge in [-0.2, -0.15) is 0 Å². The first-order valence-corrected chi connectivity index (χ1v) is 7.22. The molecule has 0 aromatic rings. The standard InChI is InChI=1S/C14H26N2O.ClH/c1-11(12-7-3-4-8-12)16-13(17)14(15)9-5-2-6-10-14;/h11-12H,2-10,15H2,1H3,(H,16,17);1H. The largest absolute Gasteiger partial charge is 0.352 e. The second kappa shape index (κ2) is 6.76. The molecule has 2 aliphatic carbocycles. The molecule has 3 nitrogen and oxygen atoms in total. The number of halogens is 1. The molecule has 2 fully saturated rings. The van der Waals surface area contributed by atoms with Crippen molar-refractivity contribution < 1.29 is 4.79 Å². The third-order valence-electron chi connectivity index (χ3n) is 4.66. The average Bonchev–Trinajstić information content (AvgIpc) is 2.83. The fraction of sp³-hybridized carbons (Fsp3) is 0.929. The first-order valence-electron chi connectivity index (χ1n) is 7.22. The van der Waals surface area contributed by atoms with Gasteiger partial charge in [0.05, 0.1) is 5.54 Å². The monoisotopic (exact) mass is 274 g/mol. The molecule has 0 aliphatic heterocycles. The van der Waals surface area contributed by atoms with Gasteiger partial charge in [0.1, 0.15) is 0 Å².